The number of methoxy groups -OCH3 is 1. The average molecular weight is 233 g/mol. The number of alkyl halides is 1. The van der Waals surface area contributed by atoms with Gasteiger partial charge in [0.05, 0.1) is 13.2 Å². The summed E-state index contributed by atoms with van der Waals surface area (Å²) in [4.78, 5) is 2.20. The molecule has 2 heterocycles. The molecule has 2 atom stereocenters. The lowest BCUT2D eigenvalue weighted by Gasteiger charge is -2.25. The Bertz CT molecular complexity index is 440. The van der Waals surface area contributed by atoms with Crippen LogP contribution in [0.2, 0.25) is 0 Å². The predicted octanol–water partition coefficient (Wildman–Crippen LogP) is 3.07. The van der Waals surface area contributed by atoms with Gasteiger partial charge in [0.2, 0.25) is 0 Å². The van der Waals surface area contributed by atoms with Crippen molar-refractivity contribution in [3.63, 3.8) is 0 Å². The smallest absolute Gasteiger partial charge is 0.123 e. The molecule has 2 nitrogen and oxygen atoms in total. The van der Waals surface area contributed by atoms with Gasteiger partial charge < -0.3 is 9.64 Å². The first-order valence-corrected chi connectivity index (χ1v) is 6.01. The summed E-state index contributed by atoms with van der Waals surface area (Å²) >= 11 is 0. The summed E-state index contributed by atoms with van der Waals surface area (Å²) in [7, 11) is 1.67. The van der Waals surface area contributed by atoms with Gasteiger partial charge in [-0.05, 0) is 24.1 Å². The fourth-order valence-corrected chi connectivity index (χ4v) is 2.78. The maximum absolute atomic E-state index is 13.4. The highest BCUT2D eigenvalue weighted by Crippen LogP contribution is 2.41. The summed E-state index contributed by atoms with van der Waals surface area (Å²) < 4.78 is 18.5. The molecule has 0 N–H and O–H groups in total. The van der Waals surface area contributed by atoms with Gasteiger partial charge in [-0.2, -0.15) is 0 Å². The fourth-order valence-electron chi connectivity index (χ4n) is 2.78. The summed E-state index contributed by atoms with van der Waals surface area (Å²) in [5.74, 6) is 0.865. The lowest BCUT2D eigenvalue weighted by molar-refractivity contribution is 0.261. The molecule has 17 heavy (non-hydrogen) atoms. The molecule has 1 aromatic rings. The Morgan fingerprint density at radius 1 is 1.29 bits per heavy atom. The van der Waals surface area contributed by atoms with Crippen LogP contribution in [0.3, 0.4) is 0 Å². The van der Waals surface area contributed by atoms with Gasteiger partial charge in [0.1, 0.15) is 11.9 Å². The number of benzene rings is 1. The molecular weight excluding hydrogens is 217 g/mol. The predicted molar refractivity (Wildman–Crippen MR) is 64.7 cm³/mol. The first kappa shape index (κ1) is 10.6. The highest BCUT2D eigenvalue weighted by Gasteiger charge is 2.35. The molecule has 0 amide bonds. The molecule has 0 aliphatic carbocycles. The van der Waals surface area contributed by atoms with E-state index in [1.54, 1.807) is 7.11 Å². The Morgan fingerprint density at radius 2 is 2.06 bits per heavy atom. The van der Waals surface area contributed by atoms with Crippen molar-refractivity contribution in [2.75, 3.05) is 13.7 Å². The Labute approximate surface area is 101 Å². The molecule has 2 aliphatic rings. The van der Waals surface area contributed by atoms with Gasteiger partial charge in [-0.25, -0.2) is 4.39 Å². The van der Waals surface area contributed by atoms with E-state index in [0.717, 1.165) is 12.2 Å². The minimum atomic E-state index is -0.692. The first-order chi connectivity index (χ1) is 8.28. The molecule has 0 saturated carbocycles. The Hall–Kier alpha value is -1.51. The van der Waals surface area contributed by atoms with Crippen molar-refractivity contribution in [3.05, 3.63) is 41.6 Å². The number of hydrogen-bond donors (Lipinski definition) is 0. The van der Waals surface area contributed by atoms with Crippen LogP contribution in [-0.4, -0.2) is 24.7 Å². The molecule has 1 aromatic carbocycles. The van der Waals surface area contributed by atoms with Gasteiger partial charge >= 0.3 is 0 Å². The zero-order valence-corrected chi connectivity index (χ0v) is 9.90. The second-order valence-electron chi connectivity index (χ2n) is 4.67. The van der Waals surface area contributed by atoms with Crippen molar-refractivity contribution in [1.82, 2.24) is 4.90 Å². The van der Waals surface area contributed by atoms with Crippen LogP contribution in [-0.2, 0) is 0 Å². The van der Waals surface area contributed by atoms with E-state index >= 15 is 0 Å². The van der Waals surface area contributed by atoms with E-state index in [9.17, 15) is 4.39 Å². The van der Waals surface area contributed by atoms with Crippen molar-refractivity contribution in [2.24, 2.45) is 0 Å². The zero-order valence-electron chi connectivity index (χ0n) is 9.90. The Kier molecular flexibility index (Phi) is 2.54. The van der Waals surface area contributed by atoms with Gasteiger partial charge in [0.15, 0.2) is 0 Å². The first-order valence-electron chi connectivity index (χ1n) is 6.01. The molecule has 0 aromatic heterocycles. The molecular formula is C14H16FNO. The fraction of sp³-hybridized carbons (Fsp3) is 0.429. The third kappa shape index (κ3) is 1.79. The lowest BCUT2D eigenvalue weighted by atomic mass is 10.0. The normalized spacial score (nSPS) is 26.9. The van der Waals surface area contributed by atoms with Crippen molar-refractivity contribution in [1.29, 1.82) is 0 Å². The van der Waals surface area contributed by atoms with E-state index in [0.29, 0.717) is 19.0 Å². The van der Waals surface area contributed by atoms with Crippen LogP contribution in [0.5, 0.6) is 5.75 Å². The summed E-state index contributed by atoms with van der Waals surface area (Å²) in [6.45, 7) is 0.544. The van der Waals surface area contributed by atoms with Gasteiger partial charge in [-0.15, -0.1) is 0 Å². The van der Waals surface area contributed by atoms with E-state index in [-0.39, 0.29) is 0 Å². The average Bonchev–Trinajstić information content (AvgIpc) is 2.88. The largest absolute Gasteiger partial charge is 0.497 e. The molecule has 1 fully saturated rings. The summed E-state index contributed by atoms with van der Waals surface area (Å²) in [5.41, 5.74) is 2.42. The SMILES string of the molecule is COc1ccc(C2CC=C3C[C@@H](F)CN32)cc1. The van der Waals surface area contributed by atoms with Crippen molar-refractivity contribution in [3.8, 4) is 5.75 Å². The molecule has 0 bridgehead atoms. The summed E-state index contributed by atoms with van der Waals surface area (Å²) in [5, 5.41) is 0. The van der Waals surface area contributed by atoms with E-state index in [2.05, 4.69) is 23.1 Å². The molecule has 1 unspecified atom stereocenters. The third-order valence-electron chi connectivity index (χ3n) is 3.65. The Balaban J connectivity index is 1.81. The van der Waals surface area contributed by atoms with Crippen LogP contribution in [0.15, 0.2) is 36.0 Å². The second kappa shape index (κ2) is 4.06. The zero-order chi connectivity index (χ0) is 11.8. The van der Waals surface area contributed by atoms with Gasteiger partial charge in [-0.1, -0.05) is 18.2 Å². The quantitative estimate of drug-likeness (QED) is 0.778. The van der Waals surface area contributed by atoms with E-state index in [1.807, 2.05) is 12.1 Å². The number of nitrogens with zero attached hydrogens (tertiary/aromatic N) is 1. The molecule has 3 rings (SSSR count). The summed E-state index contributed by atoms with van der Waals surface area (Å²) in [6, 6.07) is 8.40. The Morgan fingerprint density at radius 3 is 2.76 bits per heavy atom. The van der Waals surface area contributed by atoms with Crippen LogP contribution in [0.4, 0.5) is 4.39 Å². The molecule has 2 aliphatic heterocycles. The van der Waals surface area contributed by atoms with Gasteiger partial charge in [0.25, 0.3) is 0 Å². The van der Waals surface area contributed by atoms with Crippen LogP contribution in [0.1, 0.15) is 24.4 Å². The number of fused-ring (bicyclic) bond motifs is 1. The molecule has 0 radical (unpaired) electrons. The number of ether oxygens (including phenoxy) is 1. The van der Waals surface area contributed by atoms with E-state index in [4.69, 9.17) is 4.74 Å². The highest BCUT2D eigenvalue weighted by molar-refractivity contribution is 5.32. The second-order valence-corrected chi connectivity index (χ2v) is 4.67. The van der Waals surface area contributed by atoms with Crippen LogP contribution < -0.4 is 4.74 Å². The maximum atomic E-state index is 13.4. The maximum Gasteiger partial charge on any atom is 0.123 e. The highest BCUT2D eigenvalue weighted by atomic mass is 19.1. The van der Waals surface area contributed by atoms with Crippen molar-refractivity contribution < 1.29 is 9.13 Å². The molecule has 1 saturated heterocycles. The van der Waals surface area contributed by atoms with Gasteiger partial charge in [-0.3, -0.25) is 0 Å². The molecule has 3 heteroatoms. The lowest BCUT2D eigenvalue weighted by Crippen LogP contribution is -2.21. The van der Waals surface area contributed by atoms with Crippen LogP contribution >= 0.6 is 0 Å². The standard InChI is InChI=1S/C14H16FNO/c1-17-13-5-2-10(3-6-13)14-7-4-12-8-11(15)9-16(12)14/h2-6,11,14H,7-9H2,1H3/t11-,14?/m1/s1. The number of halogens is 1. The number of allylic oxidation sites excluding steroid dienone is 1. The number of rotatable bonds is 2. The molecule has 0 spiro atoms. The summed E-state index contributed by atoms with van der Waals surface area (Å²) in [6.07, 6.45) is 3.07. The van der Waals surface area contributed by atoms with Crippen LogP contribution in [0, 0.1) is 0 Å². The third-order valence-corrected chi connectivity index (χ3v) is 3.65. The monoisotopic (exact) mass is 233 g/mol. The van der Waals surface area contributed by atoms with Crippen molar-refractivity contribution >= 4 is 0 Å². The minimum Gasteiger partial charge on any atom is -0.497 e. The minimum absolute atomic E-state index is 0.316. The van der Waals surface area contributed by atoms with E-state index < -0.39 is 6.17 Å². The molecule has 90 valence electrons. The van der Waals surface area contributed by atoms with E-state index in [1.165, 1.54) is 11.3 Å². The van der Waals surface area contributed by atoms with Crippen molar-refractivity contribution in [2.45, 2.75) is 25.1 Å². The van der Waals surface area contributed by atoms with Gasteiger partial charge in [0, 0.05) is 18.7 Å². The number of hydrogen-bond acceptors (Lipinski definition) is 2. The topological polar surface area (TPSA) is 12.5 Å². The van der Waals surface area contributed by atoms with Crippen LogP contribution in [0.25, 0.3) is 0 Å².